The van der Waals surface area contributed by atoms with Gasteiger partial charge in [-0.2, -0.15) is 0 Å². The predicted molar refractivity (Wildman–Crippen MR) is 129 cm³/mol. The van der Waals surface area contributed by atoms with Crippen LogP contribution in [0.1, 0.15) is 21.7 Å². The summed E-state index contributed by atoms with van der Waals surface area (Å²) in [7, 11) is -2.44. The minimum Gasteiger partial charge on any atom is -0.497 e. The maximum Gasteiger partial charge on any atom is 0.264 e. The number of methoxy groups -OCH3 is 1. The van der Waals surface area contributed by atoms with Crippen molar-refractivity contribution in [3.63, 3.8) is 0 Å². The largest absolute Gasteiger partial charge is 0.497 e. The number of benzene rings is 2. The maximum atomic E-state index is 13.5. The highest BCUT2D eigenvalue weighted by molar-refractivity contribution is 7.92. The van der Waals surface area contributed by atoms with Crippen molar-refractivity contribution in [3.05, 3.63) is 89.2 Å². The molecule has 0 unspecified atom stereocenters. The summed E-state index contributed by atoms with van der Waals surface area (Å²) in [6.45, 7) is 3.39. The Morgan fingerprint density at radius 2 is 1.79 bits per heavy atom. The third-order valence-corrected chi connectivity index (χ3v) is 7.87. The van der Waals surface area contributed by atoms with E-state index in [2.05, 4.69) is 4.98 Å². The molecule has 7 nitrogen and oxygen atoms in total. The van der Waals surface area contributed by atoms with Gasteiger partial charge in [0.1, 0.15) is 5.75 Å². The quantitative estimate of drug-likeness (QED) is 0.343. The van der Waals surface area contributed by atoms with Crippen molar-refractivity contribution in [2.45, 2.75) is 18.7 Å². The molecule has 9 heteroatoms. The van der Waals surface area contributed by atoms with Gasteiger partial charge in [-0.15, -0.1) is 11.3 Å². The van der Waals surface area contributed by atoms with E-state index in [0.717, 1.165) is 20.8 Å². The zero-order chi connectivity index (χ0) is 23.6. The lowest BCUT2D eigenvalue weighted by Crippen LogP contribution is -2.36. The number of hydrogen-bond acceptors (Lipinski definition) is 6. The van der Waals surface area contributed by atoms with E-state index in [1.54, 1.807) is 54.7 Å². The highest BCUT2D eigenvalue weighted by atomic mass is 32.2. The SMILES string of the molecule is COc1ccc(N(CC(=O)c2cc(C)n(-c3nccs3)c2C)S(=O)(=O)c2ccccc2)cc1. The monoisotopic (exact) mass is 481 g/mol. The molecule has 0 aliphatic carbocycles. The molecule has 0 N–H and O–H groups in total. The van der Waals surface area contributed by atoms with Crippen molar-refractivity contribution in [1.29, 1.82) is 0 Å². The van der Waals surface area contributed by atoms with Gasteiger partial charge in [0.25, 0.3) is 10.0 Å². The molecule has 2 aromatic carbocycles. The third-order valence-electron chi connectivity index (χ3n) is 5.32. The second-order valence-corrected chi connectivity index (χ2v) is 10.1. The topological polar surface area (TPSA) is 81.5 Å². The first-order valence-corrected chi connectivity index (χ1v) is 12.5. The number of anilines is 1. The summed E-state index contributed by atoms with van der Waals surface area (Å²) in [5, 5.41) is 2.63. The molecule has 170 valence electrons. The van der Waals surface area contributed by atoms with Gasteiger partial charge in [-0.25, -0.2) is 13.4 Å². The van der Waals surface area contributed by atoms with Gasteiger partial charge >= 0.3 is 0 Å². The number of hydrogen-bond donors (Lipinski definition) is 0. The second kappa shape index (κ2) is 9.21. The minimum atomic E-state index is -3.98. The Bertz CT molecular complexity index is 1360. The van der Waals surface area contributed by atoms with Crippen LogP contribution in [0.25, 0.3) is 5.13 Å². The summed E-state index contributed by atoms with van der Waals surface area (Å²) in [6.07, 6.45) is 1.71. The van der Waals surface area contributed by atoms with Gasteiger partial charge in [-0.3, -0.25) is 13.7 Å². The maximum absolute atomic E-state index is 13.5. The molecule has 4 rings (SSSR count). The highest BCUT2D eigenvalue weighted by Gasteiger charge is 2.29. The number of Topliss-reactive ketones (excluding diaryl/α,β-unsaturated/α-hetero) is 1. The van der Waals surface area contributed by atoms with Crippen molar-refractivity contribution < 1.29 is 17.9 Å². The zero-order valence-electron chi connectivity index (χ0n) is 18.4. The van der Waals surface area contributed by atoms with Gasteiger partial charge in [-0.05, 0) is 56.3 Å². The summed E-state index contributed by atoms with van der Waals surface area (Å²) in [4.78, 5) is 17.9. The Balaban J connectivity index is 1.74. The van der Waals surface area contributed by atoms with Gasteiger partial charge in [0.2, 0.25) is 0 Å². The summed E-state index contributed by atoms with van der Waals surface area (Å²) in [5.41, 5.74) is 2.41. The number of carbonyl (C=O) groups excluding carboxylic acids is 1. The van der Waals surface area contributed by atoms with Crippen LogP contribution in [-0.4, -0.2) is 37.4 Å². The lowest BCUT2D eigenvalue weighted by Gasteiger charge is -2.24. The van der Waals surface area contributed by atoms with E-state index >= 15 is 0 Å². The highest BCUT2D eigenvalue weighted by Crippen LogP contribution is 2.28. The molecule has 0 aliphatic rings. The van der Waals surface area contributed by atoms with Crippen LogP contribution in [0.2, 0.25) is 0 Å². The fraction of sp³-hybridized carbons (Fsp3) is 0.167. The first kappa shape index (κ1) is 22.8. The Labute approximate surface area is 197 Å². The third kappa shape index (κ3) is 4.42. The van der Waals surface area contributed by atoms with Gasteiger partial charge in [0.15, 0.2) is 10.9 Å². The van der Waals surface area contributed by atoms with Crippen molar-refractivity contribution in [2.75, 3.05) is 18.0 Å². The molecular formula is C24H23N3O4S2. The van der Waals surface area contributed by atoms with Crippen LogP contribution < -0.4 is 9.04 Å². The molecule has 0 fully saturated rings. The number of sulfonamides is 1. The van der Waals surface area contributed by atoms with E-state index in [1.807, 2.05) is 23.8 Å². The molecule has 2 heterocycles. The Kier molecular flexibility index (Phi) is 6.35. The molecular weight excluding hydrogens is 458 g/mol. The summed E-state index contributed by atoms with van der Waals surface area (Å²) < 4.78 is 35.3. The molecule has 4 aromatic rings. The van der Waals surface area contributed by atoms with Crippen LogP contribution in [-0.2, 0) is 10.0 Å². The number of rotatable bonds is 8. The van der Waals surface area contributed by atoms with Crippen LogP contribution in [0, 0.1) is 13.8 Å². The molecule has 0 spiro atoms. The van der Waals surface area contributed by atoms with E-state index < -0.39 is 10.0 Å². The average Bonchev–Trinajstić information content (AvgIpc) is 3.45. The lowest BCUT2D eigenvalue weighted by molar-refractivity contribution is 0.100. The number of ether oxygens (including phenoxy) is 1. The number of aryl methyl sites for hydroxylation is 1. The number of thiazole rings is 1. The van der Waals surface area contributed by atoms with E-state index in [9.17, 15) is 13.2 Å². The second-order valence-electron chi connectivity index (χ2n) is 7.38. The van der Waals surface area contributed by atoms with E-state index in [-0.39, 0.29) is 17.2 Å². The Morgan fingerprint density at radius 1 is 1.09 bits per heavy atom. The minimum absolute atomic E-state index is 0.113. The zero-order valence-corrected chi connectivity index (χ0v) is 20.1. The fourth-order valence-corrected chi connectivity index (χ4v) is 5.86. The van der Waals surface area contributed by atoms with Crippen LogP contribution >= 0.6 is 11.3 Å². The molecule has 0 aliphatic heterocycles. The molecule has 33 heavy (non-hydrogen) atoms. The standard InChI is InChI=1S/C24H23N3O4S2/c1-17-15-22(18(2)27(17)24-25-13-14-32-24)23(28)16-26(19-9-11-20(31-3)12-10-19)33(29,30)21-7-5-4-6-8-21/h4-15H,16H2,1-3H3. The van der Waals surface area contributed by atoms with Crippen LogP contribution in [0.3, 0.4) is 0 Å². The van der Waals surface area contributed by atoms with E-state index in [1.165, 1.54) is 30.6 Å². The van der Waals surface area contributed by atoms with Crippen molar-refractivity contribution in [3.8, 4) is 10.9 Å². The summed E-state index contributed by atoms with van der Waals surface area (Å²) >= 11 is 1.47. The predicted octanol–water partition coefficient (Wildman–Crippen LogP) is 4.64. The number of carbonyl (C=O) groups is 1. The fourth-order valence-electron chi connectivity index (χ4n) is 3.66. The van der Waals surface area contributed by atoms with Crippen LogP contribution in [0.5, 0.6) is 5.75 Å². The van der Waals surface area contributed by atoms with Crippen molar-refractivity contribution in [1.82, 2.24) is 9.55 Å². The van der Waals surface area contributed by atoms with Crippen molar-refractivity contribution in [2.24, 2.45) is 0 Å². The molecule has 0 bridgehead atoms. The van der Waals surface area contributed by atoms with Gasteiger partial charge in [0.05, 0.1) is 24.2 Å². The Hall–Kier alpha value is -3.43. The molecule has 0 amide bonds. The molecule has 2 aromatic heterocycles. The van der Waals surface area contributed by atoms with E-state index in [4.69, 9.17) is 4.74 Å². The summed E-state index contributed by atoms with van der Waals surface area (Å²) in [6, 6.07) is 16.5. The normalized spacial score (nSPS) is 11.4. The first-order valence-electron chi connectivity index (χ1n) is 10.2. The van der Waals surface area contributed by atoms with Gasteiger partial charge in [0, 0.05) is 28.5 Å². The molecule has 0 atom stereocenters. The Morgan fingerprint density at radius 3 is 2.39 bits per heavy atom. The molecule has 0 radical (unpaired) electrons. The summed E-state index contributed by atoms with van der Waals surface area (Å²) in [5.74, 6) is 0.287. The lowest BCUT2D eigenvalue weighted by atomic mass is 10.1. The molecule has 0 saturated heterocycles. The first-order chi connectivity index (χ1) is 15.8. The van der Waals surface area contributed by atoms with Gasteiger partial charge < -0.3 is 4.74 Å². The average molecular weight is 482 g/mol. The van der Waals surface area contributed by atoms with Crippen LogP contribution in [0.15, 0.2) is 77.1 Å². The smallest absolute Gasteiger partial charge is 0.264 e. The number of ketones is 1. The van der Waals surface area contributed by atoms with Gasteiger partial charge in [-0.1, -0.05) is 18.2 Å². The van der Waals surface area contributed by atoms with E-state index in [0.29, 0.717) is 17.0 Å². The molecule has 0 saturated carbocycles. The van der Waals surface area contributed by atoms with Crippen LogP contribution in [0.4, 0.5) is 5.69 Å². The number of nitrogens with zero attached hydrogens (tertiary/aromatic N) is 3. The van der Waals surface area contributed by atoms with Crippen molar-refractivity contribution >= 4 is 32.8 Å². The number of aromatic nitrogens is 2.